The van der Waals surface area contributed by atoms with Gasteiger partial charge in [0.25, 0.3) is 11.5 Å². The third-order valence-electron chi connectivity index (χ3n) is 4.59. The topological polar surface area (TPSA) is 117 Å². The second kappa shape index (κ2) is 8.19. The van der Waals surface area contributed by atoms with Crippen LogP contribution in [0.3, 0.4) is 0 Å². The van der Waals surface area contributed by atoms with Crippen LogP contribution in [0.4, 0.5) is 5.82 Å². The lowest BCUT2D eigenvalue weighted by Gasteiger charge is -2.09. The van der Waals surface area contributed by atoms with Gasteiger partial charge in [0.2, 0.25) is 0 Å². The average Bonchev–Trinajstić information content (AvgIpc) is 3.20. The Hall–Kier alpha value is -4.34. The van der Waals surface area contributed by atoms with Crippen molar-refractivity contribution in [1.29, 1.82) is 0 Å². The molecule has 0 aliphatic heterocycles. The first-order valence-electron chi connectivity index (χ1n) is 9.33. The van der Waals surface area contributed by atoms with Gasteiger partial charge in [-0.05, 0) is 25.1 Å². The fourth-order valence-electron chi connectivity index (χ4n) is 2.80. The van der Waals surface area contributed by atoms with Crippen molar-refractivity contribution in [3.8, 4) is 22.8 Å². The van der Waals surface area contributed by atoms with Crippen molar-refractivity contribution in [3.05, 3.63) is 77.0 Å². The standard InChI is InChI=1S/C21H19N7O3/c1-13-23-11-17(21(30)28(13)3)20(29)26-19-5-4-16(10-24-19)31-15-6-7-22-18(8-15)14-9-25-27(2)12-14/h4-12H,1-3H3,(H,24,26,29). The molecule has 10 heteroatoms. The van der Waals surface area contributed by atoms with Gasteiger partial charge < -0.3 is 10.1 Å². The van der Waals surface area contributed by atoms with E-state index in [0.29, 0.717) is 17.3 Å². The molecule has 0 bridgehead atoms. The van der Waals surface area contributed by atoms with Gasteiger partial charge in [-0.1, -0.05) is 0 Å². The maximum Gasteiger partial charge on any atom is 0.266 e. The molecule has 156 valence electrons. The molecule has 1 amide bonds. The Morgan fingerprint density at radius 3 is 2.58 bits per heavy atom. The fourth-order valence-corrected chi connectivity index (χ4v) is 2.80. The Kier molecular flexibility index (Phi) is 5.27. The molecule has 4 heterocycles. The van der Waals surface area contributed by atoms with Gasteiger partial charge in [-0.25, -0.2) is 9.97 Å². The summed E-state index contributed by atoms with van der Waals surface area (Å²) in [5, 5.41) is 6.73. The number of anilines is 1. The second-order valence-electron chi connectivity index (χ2n) is 6.80. The predicted octanol–water partition coefficient (Wildman–Crippen LogP) is 2.32. The maximum atomic E-state index is 12.4. The first-order valence-corrected chi connectivity index (χ1v) is 9.33. The Bertz CT molecular complexity index is 1310. The van der Waals surface area contributed by atoms with Crippen molar-refractivity contribution in [3.63, 3.8) is 0 Å². The van der Waals surface area contributed by atoms with Crippen LogP contribution >= 0.6 is 0 Å². The molecule has 4 rings (SSSR count). The molecule has 0 radical (unpaired) electrons. The maximum absolute atomic E-state index is 12.4. The summed E-state index contributed by atoms with van der Waals surface area (Å²) in [5.41, 5.74) is 1.12. The summed E-state index contributed by atoms with van der Waals surface area (Å²) in [6, 6.07) is 6.78. The number of nitrogens with one attached hydrogen (secondary N) is 1. The third kappa shape index (κ3) is 4.32. The normalized spacial score (nSPS) is 10.7. The summed E-state index contributed by atoms with van der Waals surface area (Å²) in [6.07, 6.45) is 7.97. The predicted molar refractivity (Wildman–Crippen MR) is 113 cm³/mol. The minimum atomic E-state index is -0.579. The molecule has 0 aromatic carbocycles. The number of carbonyl (C=O) groups excluding carboxylic acids is 1. The summed E-state index contributed by atoms with van der Waals surface area (Å²) in [6.45, 7) is 1.69. The van der Waals surface area contributed by atoms with E-state index < -0.39 is 11.5 Å². The zero-order valence-electron chi connectivity index (χ0n) is 17.1. The Morgan fingerprint density at radius 2 is 1.87 bits per heavy atom. The van der Waals surface area contributed by atoms with Crippen LogP contribution in [0.5, 0.6) is 11.5 Å². The molecule has 0 saturated carbocycles. The summed E-state index contributed by atoms with van der Waals surface area (Å²) in [5.74, 6) is 1.29. The fraction of sp³-hybridized carbons (Fsp3) is 0.143. The van der Waals surface area contributed by atoms with Crippen LogP contribution in [0.25, 0.3) is 11.3 Å². The first kappa shape index (κ1) is 20.0. The molecule has 4 aromatic heterocycles. The number of pyridine rings is 2. The third-order valence-corrected chi connectivity index (χ3v) is 4.59. The van der Waals surface area contributed by atoms with E-state index in [4.69, 9.17) is 4.74 Å². The Morgan fingerprint density at radius 1 is 1.03 bits per heavy atom. The quantitative estimate of drug-likeness (QED) is 0.530. The number of aromatic nitrogens is 6. The number of amides is 1. The number of hydrogen-bond donors (Lipinski definition) is 1. The molecule has 0 atom stereocenters. The van der Waals surface area contributed by atoms with Crippen molar-refractivity contribution in [2.24, 2.45) is 14.1 Å². The molecule has 0 aliphatic rings. The van der Waals surface area contributed by atoms with Crippen molar-refractivity contribution < 1.29 is 9.53 Å². The van der Waals surface area contributed by atoms with Crippen LogP contribution in [0, 0.1) is 6.92 Å². The largest absolute Gasteiger partial charge is 0.456 e. The lowest BCUT2D eigenvalue weighted by atomic mass is 10.2. The van der Waals surface area contributed by atoms with E-state index in [1.807, 2.05) is 13.2 Å². The molecule has 0 fully saturated rings. The van der Waals surface area contributed by atoms with Gasteiger partial charge >= 0.3 is 0 Å². The zero-order valence-corrected chi connectivity index (χ0v) is 17.1. The molecule has 0 unspecified atom stereocenters. The van der Waals surface area contributed by atoms with Crippen LogP contribution in [-0.4, -0.2) is 35.2 Å². The SMILES string of the molecule is Cc1ncc(C(=O)Nc2ccc(Oc3ccnc(-c4cnn(C)c4)c3)cn2)c(=O)n1C. The Balaban J connectivity index is 1.46. The van der Waals surface area contributed by atoms with Gasteiger partial charge in [0.05, 0.1) is 18.1 Å². The molecule has 1 N–H and O–H groups in total. The van der Waals surface area contributed by atoms with E-state index in [9.17, 15) is 9.59 Å². The number of hydrogen-bond acceptors (Lipinski definition) is 7. The van der Waals surface area contributed by atoms with Gasteiger partial charge in [0, 0.05) is 44.3 Å². The molecule has 0 aliphatic carbocycles. The highest BCUT2D eigenvalue weighted by atomic mass is 16.5. The minimum Gasteiger partial charge on any atom is -0.456 e. The smallest absolute Gasteiger partial charge is 0.266 e. The van der Waals surface area contributed by atoms with Gasteiger partial charge in [0.15, 0.2) is 0 Å². The van der Waals surface area contributed by atoms with E-state index in [1.54, 1.807) is 55.3 Å². The minimum absolute atomic E-state index is 0.0602. The van der Waals surface area contributed by atoms with Crippen LogP contribution < -0.4 is 15.6 Å². The second-order valence-corrected chi connectivity index (χ2v) is 6.80. The molecule has 0 saturated heterocycles. The Labute approximate surface area is 177 Å². The van der Waals surface area contributed by atoms with E-state index in [2.05, 4.69) is 25.4 Å². The lowest BCUT2D eigenvalue weighted by molar-refractivity contribution is 0.102. The van der Waals surface area contributed by atoms with E-state index >= 15 is 0 Å². The number of ether oxygens (including phenoxy) is 1. The van der Waals surface area contributed by atoms with Crippen LogP contribution in [0.1, 0.15) is 16.2 Å². The highest BCUT2D eigenvalue weighted by Gasteiger charge is 2.14. The van der Waals surface area contributed by atoms with Crippen LogP contribution in [-0.2, 0) is 14.1 Å². The monoisotopic (exact) mass is 417 g/mol. The number of nitrogens with zero attached hydrogens (tertiary/aromatic N) is 6. The highest BCUT2D eigenvalue weighted by Crippen LogP contribution is 2.25. The first-order chi connectivity index (χ1) is 14.9. The number of carbonyl (C=O) groups is 1. The average molecular weight is 417 g/mol. The summed E-state index contributed by atoms with van der Waals surface area (Å²) < 4.78 is 8.85. The lowest BCUT2D eigenvalue weighted by Crippen LogP contribution is -2.29. The van der Waals surface area contributed by atoms with Gasteiger partial charge in [-0.3, -0.25) is 23.8 Å². The summed E-state index contributed by atoms with van der Waals surface area (Å²) >= 11 is 0. The molecular weight excluding hydrogens is 398 g/mol. The van der Waals surface area contributed by atoms with Crippen LogP contribution in [0.15, 0.2) is 60.0 Å². The molecule has 0 spiro atoms. The molecule has 31 heavy (non-hydrogen) atoms. The van der Waals surface area contributed by atoms with Crippen molar-refractivity contribution in [2.45, 2.75) is 6.92 Å². The van der Waals surface area contributed by atoms with E-state index in [0.717, 1.165) is 11.3 Å². The van der Waals surface area contributed by atoms with Crippen molar-refractivity contribution >= 4 is 11.7 Å². The molecular formula is C21H19N7O3. The van der Waals surface area contributed by atoms with Gasteiger partial charge in [-0.15, -0.1) is 0 Å². The zero-order chi connectivity index (χ0) is 22.0. The van der Waals surface area contributed by atoms with Crippen LogP contribution in [0.2, 0.25) is 0 Å². The number of rotatable bonds is 5. The van der Waals surface area contributed by atoms with Gasteiger partial charge in [-0.2, -0.15) is 5.10 Å². The summed E-state index contributed by atoms with van der Waals surface area (Å²) in [4.78, 5) is 37.2. The number of aryl methyl sites for hydroxylation is 2. The van der Waals surface area contributed by atoms with Crippen molar-refractivity contribution in [1.82, 2.24) is 29.3 Å². The molecule has 10 nitrogen and oxygen atoms in total. The molecule has 4 aromatic rings. The highest BCUT2D eigenvalue weighted by molar-refractivity contribution is 6.03. The summed E-state index contributed by atoms with van der Waals surface area (Å²) in [7, 11) is 3.40. The van der Waals surface area contributed by atoms with Gasteiger partial charge in [0.1, 0.15) is 28.7 Å². The van der Waals surface area contributed by atoms with E-state index in [-0.39, 0.29) is 11.4 Å². The van der Waals surface area contributed by atoms with Crippen molar-refractivity contribution in [2.75, 3.05) is 5.32 Å². The van der Waals surface area contributed by atoms with E-state index in [1.165, 1.54) is 17.0 Å².